The molecule has 11 heteroatoms. The van der Waals surface area contributed by atoms with E-state index in [0.717, 1.165) is 43.6 Å². The summed E-state index contributed by atoms with van der Waals surface area (Å²) >= 11 is 2.82. The van der Waals surface area contributed by atoms with Crippen molar-refractivity contribution in [1.82, 2.24) is 30.2 Å². The molecule has 5 rings (SSSR count). The Labute approximate surface area is 226 Å². The number of thiophene rings is 1. The summed E-state index contributed by atoms with van der Waals surface area (Å²) in [6.45, 7) is 4.47. The van der Waals surface area contributed by atoms with Gasteiger partial charge in [0.25, 0.3) is 0 Å². The number of carbonyl (C=O) groups is 1. The maximum atomic E-state index is 11.8. The number of thioether (sulfide) groups is 1. The number of fused-ring (bicyclic) bond motifs is 1. The minimum absolute atomic E-state index is 0. The fourth-order valence-corrected chi connectivity index (χ4v) is 5.53. The van der Waals surface area contributed by atoms with Gasteiger partial charge in [0, 0.05) is 10.4 Å². The van der Waals surface area contributed by atoms with Crippen molar-refractivity contribution in [3.8, 4) is 22.5 Å². The van der Waals surface area contributed by atoms with Gasteiger partial charge in [-0.25, -0.2) is 10.1 Å². The van der Waals surface area contributed by atoms with E-state index in [1.54, 1.807) is 11.8 Å². The number of carbonyl (C=O) groups excluding carboxylic acids is 1. The van der Waals surface area contributed by atoms with Crippen LogP contribution in [0.1, 0.15) is 27.0 Å². The number of rotatable bonds is 7. The molecule has 0 spiro atoms. The number of aromatic nitrogens is 6. The Morgan fingerprint density at radius 3 is 2.53 bits per heavy atom. The average Bonchev–Trinajstić information content (AvgIpc) is 3.54. The first-order valence-electron chi connectivity index (χ1n) is 10.3. The number of hydrogen-bond donors (Lipinski definition) is 1. The van der Waals surface area contributed by atoms with Gasteiger partial charge in [-0.2, -0.15) is 0 Å². The van der Waals surface area contributed by atoms with Crippen LogP contribution in [-0.4, -0.2) is 41.9 Å². The normalized spacial score (nSPS) is 11.0. The largest absolute Gasteiger partial charge is 1.00 e. The maximum absolute atomic E-state index is 11.8. The Hall–Kier alpha value is -2.50. The van der Waals surface area contributed by atoms with Crippen LogP contribution in [0.4, 0.5) is 0 Å². The molecular weight excluding hydrogens is 479 g/mol. The van der Waals surface area contributed by atoms with Gasteiger partial charge in [0.05, 0.1) is 22.9 Å². The fourth-order valence-electron chi connectivity index (χ4n) is 3.87. The number of aromatic carboxylic acids is 1. The molecule has 8 nitrogen and oxygen atoms in total. The third-order valence-electron chi connectivity index (χ3n) is 5.33. The summed E-state index contributed by atoms with van der Waals surface area (Å²) in [4.78, 5) is 17.6. The number of benzene rings is 2. The van der Waals surface area contributed by atoms with Crippen molar-refractivity contribution in [3.63, 3.8) is 0 Å². The maximum Gasteiger partial charge on any atom is 1.00 e. The third-order valence-corrected chi connectivity index (χ3v) is 7.25. The molecule has 0 aliphatic heterocycles. The number of tetrazole rings is 1. The summed E-state index contributed by atoms with van der Waals surface area (Å²) in [6.07, 6.45) is 0. The van der Waals surface area contributed by atoms with Crippen molar-refractivity contribution in [2.75, 3.05) is 5.75 Å². The van der Waals surface area contributed by atoms with Crippen LogP contribution in [0.5, 0.6) is 0 Å². The predicted molar refractivity (Wildman–Crippen MR) is 127 cm³/mol. The van der Waals surface area contributed by atoms with E-state index < -0.39 is 5.97 Å². The van der Waals surface area contributed by atoms with Crippen molar-refractivity contribution in [2.45, 2.75) is 25.5 Å². The Balaban J connectivity index is 0.00000274. The van der Waals surface area contributed by atoms with Crippen molar-refractivity contribution in [1.29, 1.82) is 0 Å². The second-order valence-corrected chi connectivity index (χ2v) is 9.83. The second-order valence-electron chi connectivity index (χ2n) is 7.38. The van der Waals surface area contributed by atoms with Crippen molar-refractivity contribution in [2.24, 2.45) is 0 Å². The van der Waals surface area contributed by atoms with Crippen LogP contribution in [0.15, 0.2) is 53.7 Å². The van der Waals surface area contributed by atoms with Crippen LogP contribution in [-0.2, 0) is 6.54 Å². The molecule has 166 valence electrons. The molecular formula is C23H19N6NaO2S2. The predicted octanol–water partition coefficient (Wildman–Crippen LogP) is 0.781. The van der Waals surface area contributed by atoms with Crippen molar-refractivity contribution >= 4 is 40.1 Å². The molecule has 3 heterocycles. The van der Waals surface area contributed by atoms with Gasteiger partial charge in [-0.05, 0) is 39.8 Å². The number of carboxylic acids is 1. The molecule has 0 amide bonds. The number of aryl methyl sites for hydroxylation is 1. The minimum atomic E-state index is -1.17. The minimum Gasteiger partial charge on any atom is -0.544 e. The third kappa shape index (κ3) is 4.56. The standard InChI is InChI=1S/C23H20N6O2S2.Na/c1-3-32-23-24-18-13(2)33-20(22(30)31)19(18)29(23)12-14-8-10-15(11-9-14)16-6-4-5-7-17(16)21-25-27-28-26-21;/h4-11H,3,12H2,1-2H3,(H,30,31)(H,25,26,27,28);/q;+1/p-1. The van der Waals surface area contributed by atoms with Crippen LogP contribution in [0.25, 0.3) is 33.5 Å². The van der Waals surface area contributed by atoms with Gasteiger partial charge in [0.1, 0.15) is 5.52 Å². The molecule has 0 aliphatic rings. The van der Waals surface area contributed by atoms with E-state index >= 15 is 0 Å². The fraction of sp³-hybridized carbons (Fsp3) is 0.174. The molecule has 0 saturated carbocycles. The smallest absolute Gasteiger partial charge is 0.544 e. The number of carboxylic acid groups (broad SMARTS) is 1. The zero-order valence-electron chi connectivity index (χ0n) is 18.9. The summed E-state index contributed by atoms with van der Waals surface area (Å²) in [5, 5.41) is 26.8. The number of hydrogen-bond acceptors (Lipinski definition) is 8. The summed E-state index contributed by atoms with van der Waals surface area (Å²) in [5.74, 6) is 0.287. The van der Waals surface area contributed by atoms with E-state index in [-0.39, 0.29) is 34.4 Å². The van der Waals surface area contributed by atoms with Gasteiger partial charge >= 0.3 is 29.6 Å². The molecule has 0 atom stereocenters. The van der Waals surface area contributed by atoms with Gasteiger partial charge in [0.2, 0.25) is 0 Å². The molecule has 5 aromatic rings. The first-order chi connectivity index (χ1) is 16.1. The van der Waals surface area contributed by atoms with Crippen molar-refractivity contribution in [3.05, 3.63) is 63.8 Å². The average molecular weight is 499 g/mol. The molecule has 2 aromatic carbocycles. The van der Waals surface area contributed by atoms with Gasteiger partial charge in [0.15, 0.2) is 11.0 Å². The van der Waals surface area contributed by atoms with E-state index in [4.69, 9.17) is 4.98 Å². The quantitative estimate of drug-likeness (QED) is 0.261. The topological polar surface area (TPSA) is 112 Å². The Kier molecular flexibility index (Phi) is 7.54. The molecule has 1 N–H and O–H groups in total. The van der Waals surface area contributed by atoms with E-state index in [9.17, 15) is 9.90 Å². The van der Waals surface area contributed by atoms with E-state index in [2.05, 4.69) is 51.8 Å². The van der Waals surface area contributed by atoms with Crippen LogP contribution in [0.3, 0.4) is 0 Å². The molecule has 0 unspecified atom stereocenters. The first-order valence-corrected chi connectivity index (χ1v) is 12.1. The van der Waals surface area contributed by atoms with Gasteiger partial charge in [-0.15, -0.1) is 16.4 Å². The van der Waals surface area contributed by atoms with Crippen LogP contribution in [0.2, 0.25) is 0 Å². The summed E-state index contributed by atoms with van der Waals surface area (Å²) < 4.78 is 1.99. The van der Waals surface area contributed by atoms with E-state index in [0.29, 0.717) is 17.9 Å². The Morgan fingerprint density at radius 1 is 1.15 bits per heavy atom. The number of H-pyrrole nitrogens is 1. The Bertz CT molecular complexity index is 1440. The number of imidazole rings is 1. The SMILES string of the molecule is CCSc1nc2c(C)sc(C(=O)[O-])c2n1Cc1ccc(-c2ccccc2-c2nnn[nH]2)cc1.[Na+]. The van der Waals surface area contributed by atoms with Gasteiger partial charge < -0.3 is 14.5 Å². The number of nitrogens with one attached hydrogen (secondary N) is 1. The van der Waals surface area contributed by atoms with E-state index in [1.807, 2.05) is 35.8 Å². The first kappa shape index (κ1) is 24.6. The molecule has 3 aromatic heterocycles. The van der Waals surface area contributed by atoms with E-state index in [1.165, 1.54) is 11.3 Å². The zero-order valence-corrected chi connectivity index (χ0v) is 22.5. The molecule has 0 radical (unpaired) electrons. The molecule has 0 bridgehead atoms. The monoisotopic (exact) mass is 498 g/mol. The molecule has 0 aliphatic carbocycles. The molecule has 0 fully saturated rings. The summed E-state index contributed by atoms with van der Waals surface area (Å²) in [5.41, 5.74) is 5.39. The van der Waals surface area contributed by atoms with Gasteiger partial charge in [-0.3, -0.25) is 0 Å². The summed E-state index contributed by atoms with van der Waals surface area (Å²) in [7, 11) is 0. The number of aromatic amines is 1. The summed E-state index contributed by atoms with van der Waals surface area (Å²) in [6, 6.07) is 16.1. The second kappa shape index (κ2) is 10.4. The zero-order chi connectivity index (χ0) is 22.9. The Morgan fingerprint density at radius 2 is 1.88 bits per heavy atom. The molecule has 0 saturated heterocycles. The van der Waals surface area contributed by atoms with Crippen LogP contribution >= 0.6 is 23.1 Å². The van der Waals surface area contributed by atoms with Crippen LogP contribution in [0, 0.1) is 6.92 Å². The van der Waals surface area contributed by atoms with Crippen molar-refractivity contribution < 1.29 is 39.5 Å². The van der Waals surface area contributed by atoms with Gasteiger partial charge in [-0.1, -0.05) is 67.2 Å². The molecule has 34 heavy (non-hydrogen) atoms. The van der Waals surface area contributed by atoms with Crippen LogP contribution < -0.4 is 34.7 Å². The number of nitrogens with zero attached hydrogens (tertiary/aromatic N) is 5.